The Bertz CT molecular complexity index is 1260. The summed E-state index contributed by atoms with van der Waals surface area (Å²) in [5.41, 5.74) is 2.56. The van der Waals surface area contributed by atoms with Crippen molar-refractivity contribution >= 4 is 16.9 Å². The number of methoxy groups -OCH3 is 1. The Morgan fingerprint density at radius 2 is 1.87 bits per heavy atom. The number of fused-ring (bicyclic) bond motifs is 1. The summed E-state index contributed by atoms with van der Waals surface area (Å²) in [6.45, 7) is 2.02. The summed E-state index contributed by atoms with van der Waals surface area (Å²) in [6.07, 6.45) is 1.64. The van der Waals surface area contributed by atoms with Crippen LogP contribution in [0.4, 0.5) is 0 Å². The Hall–Kier alpha value is -3.93. The molecule has 0 atom stereocenters. The monoisotopic (exact) mass is 400 g/mol. The Morgan fingerprint density at radius 3 is 2.57 bits per heavy atom. The highest BCUT2D eigenvalue weighted by Crippen LogP contribution is 2.27. The number of benzene rings is 2. The first-order valence-corrected chi connectivity index (χ1v) is 9.47. The van der Waals surface area contributed by atoms with Crippen LogP contribution in [0.2, 0.25) is 0 Å². The van der Waals surface area contributed by atoms with Crippen LogP contribution in [0.3, 0.4) is 0 Å². The molecular formula is C24H20N2O4. The molecule has 6 nitrogen and oxygen atoms in total. The van der Waals surface area contributed by atoms with E-state index >= 15 is 0 Å². The molecule has 2 aromatic heterocycles. The van der Waals surface area contributed by atoms with E-state index in [1.54, 1.807) is 44.5 Å². The lowest BCUT2D eigenvalue weighted by atomic mass is 10.0. The average molecular weight is 400 g/mol. The Balaban J connectivity index is 1.70. The van der Waals surface area contributed by atoms with Gasteiger partial charge in [0, 0.05) is 29.9 Å². The third kappa shape index (κ3) is 3.67. The molecule has 4 aromatic rings. The van der Waals surface area contributed by atoms with E-state index in [-0.39, 0.29) is 23.5 Å². The van der Waals surface area contributed by atoms with Gasteiger partial charge < -0.3 is 14.5 Å². The number of para-hydroxylation sites is 1. The van der Waals surface area contributed by atoms with Crippen LogP contribution < -0.4 is 15.5 Å². The summed E-state index contributed by atoms with van der Waals surface area (Å²) in [5.74, 6) is 0.639. The number of hydrogen-bond donors (Lipinski definition) is 1. The molecule has 30 heavy (non-hydrogen) atoms. The molecule has 0 saturated carbocycles. The number of pyridine rings is 1. The summed E-state index contributed by atoms with van der Waals surface area (Å²) in [6, 6.07) is 18.0. The van der Waals surface area contributed by atoms with Gasteiger partial charge in [-0.25, -0.2) is 4.98 Å². The first-order valence-electron chi connectivity index (χ1n) is 9.47. The van der Waals surface area contributed by atoms with Crippen molar-refractivity contribution in [2.75, 3.05) is 7.11 Å². The minimum absolute atomic E-state index is 0.149. The molecule has 0 spiro atoms. The van der Waals surface area contributed by atoms with Crippen LogP contribution in [-0.2, 0) is 6.54 Å². The molecule has 2 heterocycles. The van der Waals surface area contributed by atoms with E-state index in [9.17, 15) is 9.59 Å². The molecule has 0 bridgehead atoms. The minimum atomic E-state index is -0.331. The maximum absolute atomic E-state index is 12.9. The lowest BCUT2D eigenvalue weighted by Crippen LogP contribution is -2.23. The second-order valence-electron chi connectivity index (χ2n) is 6.83. The van der Waals surface area contributed by atoms with Gasteiger partial charge >= 0.3 is 0 Å². The van der Waals surface area contributed by atoms with E-state index in [4.69, 9.17) is 9.15 Å². The molecule has 150 valence electrons. The number of amides is 1. The van der Waals surface area contributed by atoms with Crippen molar-refractivity contribution in [2.24, 2.45) is 0 Å². The number of carbonyl (C=O) groups is 1. The molecule has 0 aliphatic heterocycles. The number of hydrogen-bond acceptors (Lipinski definition) is 5. The van der Waals surface area contributed by atoms with Crippen LogP contribution in [-0.4, -0.2) is 18.0 Å². The van der Waals surface area contributed by atoms with E-state index in [0.29, 0.717) is 28.2 Å². The van der Waals surface area contributed by atoms with Gasteiger partial charge in [0.25, 0.3) is 5.91 Å². The van der Waals surface area contributed by atoms with E-state index in [1.807, 2.05) is 36.4 Å². The van der Waals surface area contributed by atoms with Crippen LogP contribution >= 0.6 is 0 Å². The molecule has 0 radical (unpaired) electrons. The van der Waals surface area contributed by atoms with Crippen LogP contribution in [0.25, 0.3) is 22.3 Å². The fourth-order valence-corrected chi connectivity index (χ4v) is 3.27. The molecular weight excluding hydrogens is 380 g/mol. The first-order chi connectivity index (χ1) is 14.6. The molecule has 0 aliphatic carbocycles. The summed E-state index contributed by atoms with van der Waals surface area (Å²) in [4.78, 5) is 29.9. The van der Waals surface area contributed by atoms with Gasteiger partial charge in [-0.1, -0.05) is 42.5 Å². The number of aromatic nitrogens is 1. The topological polar surface area (TPSA) is 81.4 Å². The van der Waals surface area contributed by atoms with Crippen molar-refractivity contribution in [3.8, 4) is 17.2 Å². The molecule has 0 fully saturated rings. The maximum atomic E-state index is 12.9. The van der Waals surface area contributed by atoms with Gasteiger partial charge in [-0.3, -0.25) is 9.59 Å². The Labute approximate surface area is 173 Å². The fraction of sp³-hybridized carbons (Fsp3) is 0.125. The van der Waals surface area contributed by atoms with Gasteiger partial charge in [0.2, 0.25) is 5.88 Å². The zero-order valence-electron chi connectivity index (χ0n) is 16.6. The van der Waals surface area contributed by atoms with Gasteiger partial charge in [-0.05, 0) is 24.6 Å². The van der Waals surface area contributed by atoms with E-state index in [0.717, 1.165) is 11.1 Å². The molecule has 0 unspecified atom stereocenters. The van der Waals surface area contributed by atoms with Crippen molar-refractivity contribution in [3.05, 3.63) is 93.8 Å². The standard InChI is InChI=1S/C24H20N2O4/c1-15-21(27)18-9-6-10-19(23(18)30-22(15)17-7-4-3-5-8-17)24(28)26-14-16-11-12-20(29-2)25-13-16/h3-13H,14H2,1-2H3,(H,26,28). The summed E-state index contributed by atoms with van der Waals surface area (Å²) < 4.78 is 11.1. The number of ether oxygens (including phenoxy) is 1. The number of rotatable bonds is 5. The number of carbonyl (C=O) groups excluding carboxylic acids is 1. The lowest BCUT2D eigenvalue weighted by molar-refractivity contribution is 0.0951. The van der Waals surface area contributed by atoms with Crippen molar-refractivity contribution < 1.29 is 13.9 Å². The normalized spacial score (nSPS) is 10.7. The Morgan fingerprint density at radius 1 is 1.07 bits per heavy atom. The van der Waals surface area contributed by atoms with Crippen LogP contribution in [0.5, 0.6) is 5.88 Å². The first kappa shape index (κ1) is 19.4. The zero-order chi connectivity index (χ0) is 21.1. The van der Waals surface area contributed by atoms with E-state index < -0.39 is 0 Å². The van der Waals surface area contributed by atoms with Gasteiger partial charge in [0.15, 0.2) is 11.0 Å². The second-order valence-corrected chi connectivity index (χ2v) is 6.83. The highest BCUT2D eigenvalue weighted by atomic mass is 16.5. The van der Waals surface area contributed by atoms with E-state index in [1.165, 1.54) is 0 Å². The predicted octanol–water partition coefficient (Wildman–Crippen LogP) is 4.10. The van der Waals surface area contributed by atoms with Crippen molar-refractivity contribution in [3.63, 3.8) is 0 Å². The Kier molecular flexibility index (Phi) is 5.30. The zero-order valence-corrected chi connectivity index (χ0v) is 16.6. The molecule has 0 saturated heterocycles. The van der Waals surface area contributed by atoms with Crippen molar-refractivity contribution in [1.82, 2.24) is 10.3 Å². The highest BCUT2D eigenvalue weighted by Gasteiger charge is 2.18. The minimum Gasteiger partial charge on any atom is -0.481 e. The SMILES string of the molecule is COc1ccc(CNC(=O)c2cccc3c(=O)c(C)c(-c4ccccc4)oc23)cn1. The van der Waals surface area contributed by atoms with Crippen LogP contribution in [0, 0.1) is 6.92 Å². The quantitative estimate of drug-likeness (QED) is 0.545. The summed E-state index contributed by atoms with van der Waals surface area (Å²) in [7, 11) is 1.55. The van der Waals surface area contributed by atoms with Crippen LogP contribution in [0.1, 0.15) is 21.5 Å². The van der Waals surface area contributed by atoms with Crippen molar-refractivity contribution in [2.45, 2.75) is 13.5 Å². The molecule has 6 heteroatoms. The van der Waals surface area contributed by atoms with Crippen LogP contribution in [0.15, 0.2) is 76.1 Å². The molecule has 1 amide bonds. The highest BCUT2D eigenvalue weighted by molar-refractivity contribution is 6.05. The third-order valence-corrected chi connectivity index (χ3v) is 4.89. The second kappa shape index (κ2) is 8.21. The van der Waals surface area contributed by atoms with Gasteiger partial charge in [0.1, 0.15) is 5.76 Å². The lowest BCUT2D eigenvalue weighted by Gasteiger charge is -2.11. The third-order valence-electron chi connectivity index (χ3n) is 4.89. The number of nitrogens with one attached hydrogen (secondary N) is 1. The van der Waals surface area contributed by atoms with Gasteiger partial charge in [-0.15, -0.1) is 0 Å². The predicted molar refractivity (Wildman–Crippen MR) is 115 cm³/mol. The molecule has 0 aliphatic rings. The number of nitrogens with zero attached hydrogens (tertiary/aromatic N) is 1. The van der Waals surface area contributed by atoms with E-state index in [2.05, 4.69) is 10.3 Å². The summed E-state index contributed by atoms with van der Waals surface area (Å²) >= 11 is 0. The molecule has 4 rings (SSSR count). The smallest absolute Gasteiger partial charge is 0.255 e. The van der Waals surface area contributed by atoms with Crippen molar-refractivity contribution in [1.29, 1.82) is 0 Å². The van der Waals surface area contributed by atoms with Gasteiger partial charge in [0.05, 0.1) is 18.1 Å². The molecule has 1 N–H and O–H groups in total. The maximum Gasteiger partial charge on any atom is 0.255 e. The fourth-order valence-electron chi connectivity index (χ4n) is 3.27. The van der Waals surface area contributed by atoms with Gasteiger partial charge in [-0.2, -0.15) is 0 Å². The molecule has 2 aromatic carbocycles. The largest absolute Gasteiger partial charge is 0.481 e. The summed E-state index contributed by atoms with van der Waals surface area (Å²) in [5, 5.41) is 3.24. The average Bonchev–Trinajstić information content (AvgIpc) is 2.80.